The summed E-state index contributed by atoms with van der Waals surface area (Å²) in [6, 6.07) is 10.5. The van der Waals surface area contributed by atoms with Crippen LogP contribution >= 0.6 is 39.1 Å². The maximum atomic E-state index is 13.3. The third-order valence-electron chi connectivity index (χ3n) is 6.21. The smallest absolute Gasteiger partial charge is 0.261 e. The van der Waals surface area contributed by atoms with E-state index in [9.17, 15) is 9.59 Å². The lowest BCUT2D eigenvalue weighted by atomic mass is 9.95. The van der Waals surface area contributed by atoms with Crippen LogP contribution in [0.15, 0.2) is 40.9 Å². The van der Waals surface area contributed by atoms with Gasteiger partial charge in [-0.3, -0.25) is 9.59 Å². The van der Waals surface area contributed by atoms with Crippen molar-refractivity contribution in [1.82, 2.24) is 10.2 Å². The van der Waals surface area contributed by atoms with E-state index < -0.39 is 6.04 Å². The number of amides is 2. The first kappa shape index (κ1) is 26.8. The third kappa shape index (κ3) is 7.37. The van der Waals surface area contributed by atoms with Crippen LogP contribution in [0.2, 0.25) is 10.0 Å². The Morgan fingerprint density at radius 3 is 2.44 bits per heavy atom. The molecule has 184 valence electrons. The zero-order chi connectivity index (χ0) is 24.7. The number of ether oxygens (including phenoxy) is 1. The Balaban J connectivity index is 1.74. The molecule has 34 heavy (non-hydrogen) atoms. The lowest BCUT2D eigenvalue weighted by Gasteiger charge is -2.31. The van der Waals surface area contributed by atoms with Gasteiger partial charge in [0.15, 0.2) is 6.61 Å². The number of halogens is 3. The summed E-state index contributed by atoms with van der Waals surface area (Å²) < 4.78 is 6.61. The number of carbonyl (C=O) groups excluding carboxylic acids is 2. The average molecular weight is 570 g/mol. The molecule has 3 rings (SSSR count). The maximum Gasteiger partial charge on any atom is 0.261 e. The molecule has 1 N–H and O–H groups in total. The van der Waals surface area contributed by atoms with Gasteiger partial charge in [0.05, 0.1) is 14.5 Å². The van der Waals surface area contributed by atoms with Crippen LogP contribution in [0.4, 0.5) is 0 Å². The topological polar surface area (TPSA) is 58.6 Å². The largest absolute Gasteiger partial charge is 0.483 e. The maximum absolute atomic E-state index is 13.3. The molecular formula is C26H31BrCl2N2O3. The summed E-state index contributed by atoms with van der Waals surface area (Å²) in [5, 5.41) is 3.97. The first-order valence-corrected chi connectivity index (χ1v) is 13.3. The zero-order valence-electron chi connectivity index (χ0n) is 19.6. The standard InChI is InChI=1S/C26H31BrCl2N2O3/c1-3-18-10-12-24(21(27)13-18)34-16-25(32)31(15-19-9-11-22(28)23(29)14-19)17(2)26(33)30-20-7-5-4-6-8-20/h9-14,17,20H,3-8,15-16H2,1-2H3,(H,30,33)/t17-/m1/s1. The monoisotopic (exact) mass is 568 g/mol. The number of hydrogen-bond donors (Lipinski definition) is 1. The van der Waals surface area contributed by atoms with E-state index in [4.69, 9.17) is 27.9 Å². The van der Waals surface area contributed by atoms with E-state index in [2.05, 4.69) is 28.2 Å². The SMILES string of the molecule is CCc1ccc(OCC(=O)N(Cc2ccc(Cl)c(Cl)c2)[C@H](C)C(=O)NC2CCCCC2)c(Br)c1. The molecule has 1 aliphatic rings. The van der Waals surface area contributed by atoms with Crippen molar-refractivity contribution in [2.75, 3.05) is 6.61 Å². The fraction of sp³-hybridized carbons (Fsp3) is 0.462. The van der Waals surface area contributed by atoms with Gasteiger partial charge in [-0.05, 0) is 77.5 Å². The highest BCUT2D eigenvalue weighted by Gasteiger charge is 2.28. The van der Waals surface area contributed by atoms with Gasteiger partial charge < -0.3 is 15.0 Å². The summed E-state index contributed by atoms with van der Waals surface area (Å²) >= 11 is 15.8. The van der Waals surface area contributed by atoms with Gasteiger partial charge in [-0.15, -0.1) is 0 Å². The van der Waals surface area contributed by atoms with Gasteiger partial charge >= 0.3 is 0 Å². The first-order valence-electron chi connectivity index (χ1n) is 11.7. The molecule has 2 aromatic rings. The van der Waals surface area contributed by atoms with Gasteiger partial charge in [-0.1, -0.05) is 61.5 Å². The van der Waals surface area contributed by atoms with Crippen molar-refractivity contribution < 1.29 is 14.3 Å². The van der Waals surface area contributed by atoms with Gasteiger partial charge in [0.25, 0.3) is 5.91 Å². The Morgan fingerprint density at radius 2 is 1.79 bits per heavy atom. The minimum atomic E-state index is -0.668. The van der Waals surface area contributed by atoms with Crippen LogP contribution < -0.4 is 10.1 Å². The van der Waals surface area contributed by atoms with Gasteiger partial charge in [0, 0.05) is 12.6 Å². The molecule has 0 radical (unpaired) electrons. The zero-order valence-corrected chi connectivity index (χ0v) is 22.7. The van der Waals surface area contributed by atoms with Crippen LogP contribution in [0.3, 0.4) is 0 Å². The molecule has 0 aromatic heterocycles. The van der Waals surface area contributed by atoms with Crippen molar-refractivity contribution >= 4 is 50.9 Å². The molecule has 8 heteroatoms. The normalized spacial score (nSPS) is 15.0. The second-order valence-electron chi connectivity index (χ2n) is 8.70. The number of nitrogens with one attached hydrogen (secondary N) is 1. The van der Waals surface area contributed by atoms with Gasteiger partial charge in [-0.25, -0.2) is 0 Å². The molecule has 1 aliphatic carbocycles. The number of nitrogens with zero attached hydrogens (tertiary/aromatic N) is 1. The predicted molar refractivity (Wildman–Crippen MR) is 141 cm³/mol. The Morgan fingerprint density at radius 1 is 1.09 bits per heavy atom. The van der Waals surface area contributed by atoms with Crippen molar-refractivity contribution in [3.05, 3.63) is 62.0 Å². The van der Waals surface area contributed by atoms with E-state index in [0.717, 1.165) is 42.1 Å². The van der Waals surface area contributed by atoms with Crippen LogP contribution in [0.5, 0.6) is 5.75 Å². The second-order valence-corrected chi connectivity index (χ2v) is 10.4. The van der Waals surface area contributed by atoms with Crippen LogP contribution in [0.1, 0.15) is 57.1 Å². The van der Waals surface area contributed by atoms with E-state index in [-0.39, 0.29) is 31.0 Å². The molecule has 2 amide bonds. The van der Waals surface area contributed by atoms with Crippen LogP contribution in [-0.2, 0) is 22.6 Å². The highest BCUT2D eigenvalue weighted by molar-refractivity contribution is 9.10. The lowest BCUT2D eigenvalue weighted by molar-refractivity contribution is -0.142. The van der Waals surface area contributed by atoms with Crippen molar-refractivity contribution in [1.29, 1.82) is 0 Å². The molecule has 0 saturated heterocycles. The number of carbonyl (C=O) groups is 2. The summed E-state index contributed by atoms with van der Waals surface area (Å²) in [6.45, 7) is 3.85. The molecule has 0 aliphatic heterocycles. The Hall–Kier alpha value is -1.76. The molecule has 0 bridgehead atoms. The van der Waals surface area contributed by atoms with E-state index >= 15 is 0 Å². The average Bonchev–Trinajstić information content (AvgIpc) is 2.83. The highest BCUT2D eigenvalue weighted by Crippen LogP contribution is 2.27. The fourth-order valence-electron chi connectivity index (χ4n) is 4.09. The fourth-order valence-corrected chi connectivity index (χ4v) is 4.95. The number of aryl methyl sites for hydroxylation is 1. The summed E-state index contributed by atoms with van der Waals surface area (Å²) in [5.41, 5.74) is 1.95. The minimum absolute atomic E-state index is 0.159. The molecule has 1 fully saturated rings. The lowest BCUT2D eigenvalue weighted by Crippen LogP contribution is -2.51. The second kappa shape index (κ2) is 12.8. The number of hydrogen-bond acceptors (Lipinski definition) is 3. The quantitative estimate of drug-likeness (QED) is 0.372. The summed E-state index contributed by atoms with van der Waals surface area (Å²) in [6.07, 6.45) is 6.29. The molecule has 5 nitrogen and oxygen atoms in total. The van der Waals surface area contributed by atoms with Crippen molar-refractivity contribution in [2.45, 2.75) is 71.0 Å². The Bertz CT molecular complexity index is 1010. The summed E-state index contributed by atoms with van der Waals surface area (Å²) in [4.78, 5) is 27.9. The highest BCUT2D eigenvalue weighted by atomic mass is 79.9. The van der Waals surface area contributed by atoms with E-state index in [1.54, 1.807) is 25.1 Å². The molecule has 1 saturated carbocycles. The molecule has 0 spiro atoms. The number of rotatable bonds is 9. The van der Waals surface area contributed by atoms with Gasteiger partial charge in [0.2, 0.25) is 5.91 Å². The van der Waals surface area contributed by atoms with Crippen molar-refractivity contribution in [3.63, 3.8) is 0 Å². The van der Waals surface area contributed by atoms with Crippen molar-refractivity contribution in [3.8, 4) is 5.75 Å². The summed E-state index contributed by atoms with van der Waals surface area (Å²) in [5.74, 6) is 0.136. The van der Waals surface area contributed by atoms with Crippen LogP contribution in [0, 0.1) is 0 Å². The van der Waals surface area contributed by atoms with Gasteiger partial charge in [0.1, 0.15) is 11.8 Å². The molecule has 0 unspecified atom stereocenters. The minimum Gasteiger partial charge on any atom is -0.483 e. The van der Waals surface area contributed by atoms with Crippen molar-refractivity contribution in [2.24, 2.45) is 0 Å². The molecular weight excluding hydrogens is 539 g/mol. The number of benzene rings is 2. The van der Waals surface area contributed by atoms with E-state index in [1.165, 1.54) is 16.9 Å². The first-order chi connectivity index (χ1) is 16.3. The summed E-state index contributed by atoms with van der Waals surface area (Å²) in [7, 11) is 0. The molecule has 0 heterocycles. The molecule has 1 atom stereocenters. The van der Waals surface area contributed by atoms with Crippen LogP contribution in [-0.4, -0.2) is 35.4 Å². The van der Waals surface area contributed by atoms with E-state index in [0.29, 0.717) is 15.8 Å². The Kier molecular flexibility index (Phi) is 10.1. The van der Waals surface area contributed by atoms with Gasteiger partial charge in [-0.2, -0.15) is 0 Å². The predicted octanol–water partition coefficient (Wildman–Crippen LogP) is 6.56. The molecule has 2 aromatic carbocycles. The van der Waals surface area contributed by atoms with E-state index in [1.807, 2.05) is 18.2 Å². The van der Waals surface area contributed by atoms with Crippen LogP contribution in [0.25, 0.3) is 0 Å². The Labute approximate surface area is 220 Å². The third-order valence-corrected chi connectivity index (χ3v) is 7.57.